The molecule has 0 saturated carbocycles. The molecular weight excluding hydrogens is 250 g/mol. The van der Waals surface area contributed by atoms with Crippen LogP contribution in [-0.2, 0) is 4.79 Å². The van der Waals surface area contributed by atoms with Crippen molar-refractivity contribution in [2.24, 2.45) is 5.92 Å². The molecule has 18 heavy (non-hydrogen) atoms. The number of piperidine rings is 1. The summed E-state index contributed by atoms with van der Waals surface area (Å²) in [5, 5.41) is 9.44. The fourth-order valence-electron chi connectivity index (χ4n) is 2.46. The van der Waals surface area contributed by atoms with Crippen LogP contribution in [0.5, 0.6) is 0 Å². The van der Waals surface area contributed by atoms with Crippen molar-refractivity contribution in [3.63, 3.8) is 0 Å². The van der Waals surface area contributed by atoms with E-state index in [1.807, 2.05) is 24.3 Å². The van der Waals surface area contributed by atoms with Crippen LogP contribution >= 0.6 is 11.6 Å². The Labute approximate surface area is 112 Å². The summed E-state index contributed by atoms with van der Waals surface area (Å²) in [6, 6.07) is 7.90. The number of aliphatic carboxylic acids is 1. The summed E-state index contributed by atoms with van der Waals surface area (Å²) < 4.78 is 0. The lowest BCUT2D eigenvalue weighted by Crippen LogP contribution is -2.33. The van der Waals surface area contributed by atoms with Gasteiger partial charge in [0.25, 0.3) is 0 Å². The van der Waals surface area contributed by atoms with Crippen LogP contribution in [0.4, 0.5) is 5.69 Å². The molecule has 98 valence electrons. The van der Waals surface area contributed by atoms with Gasteiger partial charge in [-0.05, 0) is 49.4 Å². The highest BCUT2D eigenvalue weighted by molar-refractivity contribution is 6.30. The maximum Gasteiger partial charge on any atom is 0.303 e. The lowest BCUT2D eigenvalue weighted by Gasteiger charge is -2.33. The second kappa shape index (κ2) is 6.10. The first-order chi connectivity index (χ1) is 8.65. The van der Waals surface area contributed by atoms with Crippen LogP contribution in [0.1, 0.15) is 25.7 Å². The van der Waals surface area contributed by atoms with Crippen molar-refractivity contribution in [3.8, 4) is 0 Å². The Kier molecular flexibility index (Phi) is 4.48. The lowest BCUT2D eigenvalue weighted by molar-refractivity contribution is -0.137. The Morgan fingerprint density at radius 1 is 1.28 bits per heavy atom. The van der Waals surface area contributed by atoms with Gasteiger partial charge in [-0.3, -0.25) is 4.79 Å². The molecule has 0 atom stereocenters. The van der Waals surface area contributed by atoms with E-state index >= 15 is 0 Å². The number of rotatable bonds is 4. The molecule has 0 bridgehead atoms. The normalized spacial score (nSPS) is 16.8. The average molecular weight is 268 g/mol. The standard InChI is InChI=1S/C14H18ClNO2/c15-12-2-4-13(5-3-12)16-9-7-11(8-10-16)1-6-14(17)18/h2-5,11H,1,6-10H2,(H,17,18). The molecule has 0 aliphatic carbocycles. The minimum Gasteiger partial charge on any atom is -0.481 e. The van der Waals surface area contributed by atoms with Gasteiger partial charge in [-0.15, -0.1) is 0 Å². The Morgan fingerprint density at radius 2 is 1.89 bits per heavy atom. The van der Waals surface area contributed by atoms with E-state index in [1.54, 1.807) is 0 Å². The van der Waals surface area contributed by atoms with E-state index in [-0.39, 0.29) is 0 Å². The van der Waals surface area contributed by atoms with Crippen LogP contribution in [-0.4, -0.2) is 24.2 Å². The molecule has 1 aliphatic heterocycles. The molecule has 4 heteroatoms. The molecule has 0 amide bonds. The second-order valence-corrected chi connectivity index (χ2v) is 5.28. The van der Waals surface area contributed by atoms with E-state index in [0.29, 0.717) is 12.3 Å². The summed E-state index contributed by atoms with van der Waals surface area (Å²) >= 11 is 5.87. The third-order valence-electron chi connectivity index (χ3n) is 3.57. The van der Waals surface area contributed by atoms with E-state index in [0.717, 1.165) is 37.4 Å². The monoisotopic (exact) mass is 267 g/mol. The van der Waals surface area contributed by atoms with Gasteiger partial charge in [0.1, 0.15) is 0 Å². The summed E-state index contributed by atoms with van der Waals surface area (Å²) in [4.78, 5) is 12.9. The molecule has 0 unspecified atom stereocenters. The van der Waals surface area contributed by atoms with Gasteiger partial charge in [-0.25, -0.2) is 0 Å². The van der Waals surface area contributed by atoms with Crippen molar-refractivity contribution in [2.75, 3.05) is 18.0 Å². The number of carbonyl (C=O) groups is 1. The van der Waals surface area contributed by atoms with Gasteiger partial charge in [0, 0.05) is 30.2 Å². The van der Waals surface area contributed by atoms with Crippen molar-refractivity contribution in [3.05, 3.63) is 29.3 Å². The summed E-state index contributed by atoms with van der Waals surface area (Å²) in [7, 11) is 0. The van der Waals surface area contributed by atoms with Gasteiger partial charge in [-0.1, -0.05) is 11.6 Å². The van der Waals surface area contributed by atoms with Gasteiger partial charge in [0.2, 0.25) is 0 Å². The highest BCUT2D eigenvalue weighted by Gasteiger charge is 2.19. The van der Waals surface area contributed by atoms with Crippen molar-refractivity contribution in [2.45, 2.75) is 25.7 Å². The van der Waals surface area contributed by atoms with Gasteiger partial charge in [-0.2, -0.15) is 0 Å². The summed E-state index contributed by atoms with van der Waals surface area (Å²) in [6.07, 6.45) is 3.27. The maximum absolute atomic E-state index is 10.5. The molecule has 1 aliphatic rings. The number of carboxylic acids is 1. The highest BCUT2D eigenvalue weighted by Crippen LogP contribution is 2.26. The number of nitrogens with zero attached hydrogens (tertiary/aromatic N) is 1. The Balaban J connectivity index is 1.83. The van der Waals surface area contributed by atoms with E-state index in [1.165, 1.54) is 5.69 Å². The Hall–Kier alpha value is -1.22. The molecular formula is C14H18ClNO2. The van der Waals surface area contributed by atoms with Crippen molar-refractivity contribution in [1.82, 2.24) is 0 Å². The smallest absolute Gasteiger partial charge is 0.303 e. The number of hydrogen-bond donors (Lipinski definition) is 1. The quantitative estimate of drug-likeness (QED) is 0.909. The Bertz CT molecular complexity index is 397. The molecule has 1 aromatic carbocycles. The zero-order chi connectivity index (χ0) is 13.0. The van der Waals surface area contributed by atoms with Gasteiger partial charge in [0.15, 0.2) is 0 Å². The van der Waals surface area contributed by atoms with E-state index < -0.39 is 5.97 Å². The fraction of sp³-hybridized carbons (Fsp3) is 0.500. The second-order valence-electron chi connectivity index (χ2n) is 4.84. The number of hydrogen-bond acceptors (Lipinski definition) is 2. The zero-order valence-corrected chi connectivity index (χ0v) is 11.1. The molecule has 1 heterocycles. The minimum absolute atomic E-state index is 0.297. The first kappa shape index (κ1) is 13.2. The molecule has 1 N–H and O–H groups in total. The summed E-state index contributed by atoms with van der Waals surface area (Å²) in [5.74, 6) is -0.125. The van der Waals surface area contributed by atoms with Crippen molar-refractivity contribution in [1.29, 1.82) is 0 Å². The highest BCUT2D eigenvalue weighted by atomic mass is 35.5. The molecule has 1 saturated heterocycles. The SMILES string of the molecule is O=C(O)CCC1CCN(c2ccc(Cl)cc2)CC1. The minimum atomic E-state index is -0.685. The third-order valence-corrected chi connectivity index (χ3v) is 3.82. The van der Waals surface area contributed by atoms with Crippen molar-refractivity contribution >= 4 is 23.3 Å². The number of benzene rings is 1. The van der Waals surface area contributed by atoms with Crippen LogP contribution in [0.15, 0.2) is 24.3 Å². The number of carboxylic acid groups (broad SMARTS) is 1. The number of anilines is 1. The largest absolute Gasteiger partial charge is 0.481 e. The van der Waals surface area contributed by atoms with Crippen LogP contribution in [0, 0.1) is 5.92 Å². The fourth-order valence-corrected chi connectivity index (χ4v) is 2.59. The van der Waals surface area contributed by atoms with Crippen molar-refractivity contribution < 1.29 is 9.90 Å². The zero-order valence-electron chi connectivity index (χ0n) is 10.3. The number of halogens is 1. The van der Waals surface area contributed by atoms with E-state index in [9.17, 15) is 4.79 Å². The molecule has 1 aromatic rings. The van der Waals surface area contributed by atoms with E-state index in [4.69, 9.17) is 16.7 Å². The van der Waals surface area contributed by atoms with Crippen LogP contribution in [0.2, 0.25) is 5.02 Å². The predicted octanol–water partition coefficient (Wildman–Crippen LogP) is 3.42. The summed E-state index contributed by atoms with van der Waals surface area (Å²) in [6.45, 7) is 2.01. The molecule has 2 rings (SSSR count). The lowest BCUT2D eigenvalue weighted by atomic mass is 9.92. The molecule has 3 nitrogen and oxygen atoms in total. The summed E-state index contributed by atoms with van der Waals surface area (Å²) in [5.41, 5.74) is 1.20. The van der Waals surface area contributed by atoms with Gasteiger partial charge in [0.05, 0.1) is 0 Å². The van der Waals surface area contributed by atoms with Gasteiger partial charge >= 0.3 is 5.97 Å². The van der Waals surface area contributed by atoms with Crippen LogP contribution in [0.25, 0.3) is 0 Å². The Morgan fingerprint density at radius 3 is 2.44 bits per heavy atom. The molecule has 0 spiro atoms. The third kappa shape index (κ3) is 3.64. The van der Waals surface area contributed by atoms with E-state index in [2.05, 4.69) is 4.90 Å². The first-order valence-corrected chi connectivity index (χ1v) is 6.75. The first-order valence-electron chi connectivity index (χ1n) is 6.37. The topological polar surface area (TPSA) is 40.5 Å². The molecule has 1 fully saturated rings. The molecule has 0 radical (unpaired) electrons. The van der Waals surface area contributed by atoms with Gasteiger partial charge < -0.3 is 10.0 Å². The van der Waals surface area contributed by atoms with Crippen LogP contribution in [0.3, 0.4) is 0 Å². The maximum atomic E-state index is 10.5. The average Bonchev–Trinajstić information content (AvgIpc) is 2.38. The predicted molar refractivity (Wildman–Crippen MR) is 73.3 cm³/mol. The van der Waals surface area contributed by atoms with Crippen LogP contribution < -0.4 is 4.90 Å². The molecule has 0 aromatic heterocycles.